The summed E-state index contributed by atoms with van der Waals surface area (Å²) >= 11 is 0. The second-order valence-corrected chi connectivity index (χ2v) is 7.39. The summed E-state index contributed by atoms with van der Waals surface area (Å²) in [6.45, 7) is 5.75. The molecule has 8 atom stereocenters. The molecule has 0 bridgehead atoms. The smallest absolute Gasteiger partial charge is 0.138 e. The van der Waals surface area contributed by atoms with Gasteiger partial charge in [0, 0.05) is 18.3 Å². The summed E-state index contributed by atoms with van der Waals surface area (Å²) in [6.07, 6.45) is 1.36. The zero-order valence-electron chi connectivity index (χ0n) is 14.5. The van der Waals surface area contributed by atoms with Crippen LogP contribution in [0.3, 0.4) is 0 Å². The molecule has 2 aliphatic rings. The van der Waals surface area contributed by atoms with Gasteiger partial charge in [-0.1, -0.05) is 40.0 Å². The van der Waals surface area contributed by atoms with Crippen LogP contribution < -0.4 is 0 Å². The third-order valence-electron chi connectivity index (χ3n) is 5.99. The van der Waals surface area contributed by atoms with Crippen LogP contribution in [-0.2, 0) is 9.53 Å². The Hall–Kier alpha value is -0.490. The number of carbonyl (C=O) groups is 1. The first-order chi connectivity index (χ1) is 10.9. The van der Waals surface area contributed by atoms with Crippen molar-refractivity contribution in [3.63, 3.8) is 0 Å². The lowest BCUT2D eigenvalue weighted by atomic mass is 9.67. The fraction of sp³-hybridized carbons (Fsp3) is 0.944. The van der Waals surface area contributed by atoms with Gasteiger partial charge in [0.1, 0.15) is 11.9 Å². The van der Waals surface area contributed by atoms with E-state index < -0.39 is 30.3 Å². The van der Waals surface area contributed by atoms with Crippen molar-refractivity contribution in [1.29, 1.82) is 0 Å². The van der Waals surface area contributed by atoms with Crippen molar-refractivity contribution in [2.75, 3.05) is 6.61 Å². The van der Waals surface area contributed by atoms with Crippen LogP contribution in [0.2, 0.25) is 0 Å². The lowest BCUT2D eigenvalue weighted by Gasteiger charge is -2.46. The Kier molecular flexibility index (Phi) is 6.60. The number of ether oxygens (including phenoxy) is 1. The van der Waals surface area contributed by atoms with E-state index in [2.05, 4.69) is 13.8 Å². The van der Waals surface area contributed by atoms with Gasteiger partial charge in [0.05, 0.1) is 24.9 Å². The molecule has 5 heteroatoms. The van der Waals surface area contributed by atoms with E-state index in [0.29, 0.717) is 18.3 Å². The molecule has 0 amide bonds. The number of ketones is 1. The fourth-order valence-electron chi connectivity index (χ4n) is 4.44. The average Bonchev–Trinajstić information content (AvgIpc) is 2.54. The Balaban J connectivity index is 2.14. The molecule has 1 saturated carbocycles. The van der Waals surface area contributed by atoms with E-state index in [1.165, 1.54) is 0 Å². The molecule has 2 rings (SSSR count). The molecule has 0 radical (unpaired) electrons. The first kappa shape index (κ1) is 18.8. The zero-order valence-corrected chi connectivity index (χ0v) is 14.5. The van der Waals surface area contributed by atoms with E-state index in [-0.39, 0.29) is 18.3 Å². The summed E-state index contributed by atoms with van der Waals surface area (Å²) in [5.74, 6) is 0.339. The molecule has 1 heterocycles. The fourth-order valence-corrected chi connectivity index (χ4v) is 4.44. The SMILES string of the molecule is CCCC1CC(=O)C(C2OC(CO)C(O)C(C)C2O)CC1CC. The predicted molar refractivity (Wildman–Crippen MR) is 86.8 cm³/mol. The van der Waals surface area contributed by atoms with Crippen LogP contribution in [0.25, 0.3) is 0 Å². The van der Waals surface area contributed by atoms with E-state index in [0.717, 1.165) is 25.7 Å². The average molecular weight is 328 g/mol. The number of Topliss-reactive ketones (excluding diaryl/α,β-unsaturated/α-hetero) is 1. The van der Waals surface area contributed by atoms with Gasteiger partial charge < -0.3 is 20.1 Å². The van der Waals surface area contributed by atoms with Gasteiger partial charge in [0.25, 0.3) is 0 Å². The number of rotatable bonds is 5. The standard InChI is InChI=1S/C18H32O5/c1-4-6-12-8-14(20)13(7-11(12)5-2)18-17(22)10(3)16(21)15(9-19)23-18/h10-13,15-19,21-22H,4-9H2,1-3H3. The van der Waals surface area contributed by atoms with Crippen molar-refractivity contribution < 1.29 is 24.9 Å². The van der Waals surface area contributed by atoms with Crippen LogP contribution in [0, 0.1) is 23.7 Å². The number of aliphatic hydroxyl groups is 3. The van der Waals surface area contributed by atoms with Crippen molar-refractivity contribution in [3.8, 4) is 0 Å². The minimum atomic E-state index is -0.903. The molecule has 0 aromatic rings. The first-order valence-electron chi connectivity index (χ1n) is 9.09. The Morgan fingerprint density at radius 2 is 1.87 bits per heavy atom. The first-order valence-corrected chi connectivity index (χ1v) is 9.09. The van der Waals surface area contributed by atoms with Crippen molar-refractivity contribution >= 4 is 5.78 Å². The van der Waals surface area contributed by atoms with Gasteiger partial charge in [-0.2, -0.15) is 0 Å². The van der Waals surface area contributed by atoms with Crippen molar-refractivity contribution in [1.82, 2.24) is 0 Å². The monoisotopic (exact) mass is 328 g/mol. The topological polar surface area (TPSA) is 87.0 Å². The van der Waals surface area contributed by atoms with Gasteiger partial charge in [-0.25, -0.2) is 0 Å². The van der Waals surface area contributed by atoms with Gasteiger partial charge in [-0.15, -0.1) is 0 Å². The van der Waals surface area contributed by atoms with Crippen molar-refractivity contribution in [2.45, 2.75) is 77.3 Å². The normalized spacial score (nSPS) is 45.2. The summed E-state index contributed by atoms with van der Waals surface area (Å²) in [5.41, 5.74) is 0. The molecule has 134 valence electrons. The lowest BCUT2D eigenvalue weighted by Crippen LogP contribution is -2.58. The van der Waals surface area contributed by atoms with E-state index >= 15 is 0 Å². The summed E-state index contributed by atoms with van der Waals surface area (Å²) in [6, 6.07) is 0. The summed E-state index contributed by atoms with van der Waals surface area (Å²) < 4.78 is 5.76. The second-order valence-electron chi connectivity index (χ2n) is 7.39. The number of hydrogen-bond donors (Lipinski definition) is 3. The Bertz CT molecular complexity index is 397. The Labute approximate surface area is 139 Å². The summed E-state index contributed by atoms with van der Waals surface area (Å²) in [7, 11) is 0. The van der Waals surface area contributed by atoms with Crippen LogP contribution in [0.15, 0.2) is 0 Å². The van der Waals surface area contributed by atoms with Gasteiger partial charge in [0.2, 0.25) is 0 Å². The van der Waals surface area contributed by atoms with Crippen LogP contribution in [0.5, 0.6) is 0 Å². The van der Waals surface area contributed by atoms with Gasteiger partial charge in [-0.3, -0.25) is 4.79 Å². The van der Waals surface area contributed by atoms with E-state index in [4.69, 9.17) is 4.74 Å². The molecule has 23 heavy (non-hydrogen) atoms. The van der Waals surface area contributed by atoms with Crippen LogP contribution in [-0.4, -0.2) is 52.1 Å². The van der Waals surface area contributed by atoms with Gasteiger partial charge in [-0.05, 0) is 18.3 Å². The highest BCUT2D eigenvalue weighted by atomic mass is 16.5. The van der Waals surface area contributed by atoms with E-state index in [9.17, 15) is 20.1 Å². The van der Waals surface area contributed by atoms with E-state index in [1.807, 2.05) is 0 Å². The minimum Gasteiger partial charge on any atom is -0.394 e. The molecule has 5 nitrogen and oxygen atoms in total. The predicted octanol–water partition coefficient (Wildman–Crippen LogP) is 1.53. The van der Waals surface area contributed by atoms with Crippen molar-refractivity contribution in [3.05, 3.63) is 0 Å². The summed E-state index contributed by atoms with van der Waals surface area (Å²) in [4.78, 5) is 12.7. The molecule has 1 aliphatic heterocycles. The van der Waals surface area contributed by atoms with E-state index in [1.54, 1.807) is 6.92 Å². The van der Waals surface area contributed by atoms with Crippen molar-refractivity contribution in [2.24, 2.45) is 23.7 Å². The molecule has 8 unspecified atom stereocenters. The Morgan fingerprint density at radius 3 is 2.43 bits per heavy atom. The molecule has 2 fully saturated rings. The molecular weight excluding hydrogens is 296 g/mol. The Morgan fingerprint density at radius 1 is 1.17 bits per heavy atom. The number of hydrogen-bond acceptors (Lipinski definition) is 5. The molecule has 0 aromatic heterocycles. The molecular formula is C18H32O5. The van der Waals surface area contributed by atoms with Crippen LogP contribution in [0.4, 0.5) is 0 Å². The highest BCUT2D eigenvalue weighted by molar-refractivity contribution is 5.82. The highest BCUT2D eigenvalue weighted by Gasteiger charge is 2.49. The zero-order chi connectivity index (χ0) is 17.1. The molecule has 0 spiro atoms. The van der Waals surface area contributed by atoms with Crippen LogP contribution in [0.1, 0.15) is 52.9 Å². The van der Waals surface area contributed by atoms with Gasteiger partial charge >= 0.3 is 0 Å². The number of carbonyl (C=O) groups excluding carboxylic acids is 1. The maximum Gasteiger partial charge on any atom is 0.138 e. The largest absolute Gasteiger partial charge is 0.394 e. The lowest BCUT2D eigenvalue weighted by molar-refractivity contribution is -0.222. The molecule has 3 N–H and O–H groups in total. The summed E-state index contributed by atoms with van der Waals surface area (Å²) in [5, 5.41) is 30.0. The second kappa shape index (κ2) is 8.06. The van der Waals surface area contributed by atoms with Crippen LogP contribution >= 0.6 is 0 Å². The third-order valence-corrected chi connectivity index (χ3v) is 5.99. The molecule has 1 aliphatic carbocycles. The highest BCUT2D eigenvalue weighted by Crippen LogP contribution is 2.41. The quantitative estimate of drug-likeness (QED) is 0.712. The maximum absolute atomic E-state index is 12.7. The molecule has 0 aromatic carbocycles. The number of aliphatic hydroxyl groups excluding tert-OH is 3. The third kappa shape index (κ3) is 3.78. The minimum absolute atomic E-state index is 0.164. The van der Waals surface area contributed by atoms with Gasteiger partial charge in [0.15, 0.2) is 0 Å². The maximum atomic E-state index is 12.7. The molecule has 1 saturated heterocycles.